The quantitative estimate of drug-likeness (QED) is 0.928. The Morgan fingerprint density at radius 1 is 1.40 bits per heavy atom. The van der Waals surface area contributed by atoms with Crippen molar-refractivity contribution >= 4 is 21.7 Å². The molecular formula is C15H18BrN3O. The van der Waals surface area contributed by atoms with Crippen molar-refractivity contribution < 1.29 is 4.74 Å². The smallest absolute Gasteiger partial charge is 0.129 e. The van der Waals surface area contributed by atoms with Crippen LogP contribution in [0.4, 0.5) is 5.82 Å². The SMILES string of the molecule is Cn1ncc(-c2cc(Br)ccc2OCC2CCC2)c1N. The highest BCUT2D eigenvalue weighted by Gasteiger charge is 2.19. The van der Waals surface area contributed by atoms with Gasteiger partial charge < -0.3 is 10.5 Å². The summed E-state index contributed by atoms with van der Waals surface area (Å²) < 4.78 is 8.68. The van der Waals surface area contributed by atoms with Crippen LogP contribution in [0.25, 0.3) is 11.1 Å². The number of nitrogen functional groups attached to an aromatic ring is 1. The molecule has 5 heteroatoms. The van der Waals surface area contributed by atoms with Crippen LogP contribution in [0.15, 0.2) is 28.9 Å². The molecule has 1 fully saturated rings. The molecule has 0 bridgehead atoms. The van der Waals surface area contributed by atoms with E-state index >= 15 is 0 Å². The lowest BCUT2D eigenvalue weighted by Gasteiger charge is -2.25. The molecule has 0 amide bonds. The lowest BCUT2D eigenvalue weighted by molar-refractivity contribution is 0.181. The third-order valence-electron chi connectivity index (χ3n) is 3.92. The molecule has 106 valence electrons. The summed E-state index contributed by atoms with van der Waals surface area (Å²) in [4.78, 5) is 0. The van der Waals surface area contributed by atoms with Crippen molar-refractivity contribution in [3.63, 3.8) is 0 Å². The van der Waals surface area contributed by atoms with Crippen LogP contribution in [0.1, 0.15) is 19.3 Å². The molecule has 1 aliphatic rings. The molecule has 4 nitrogen and oxygen atoms in total. The molecule has 0 saturated heterocycles. The minimum absolute atomic E-state index is 0.650. The largest absolute Gasteiger partial charge is 0.493 e. The summed E-state index contributed by atoms with van der Waals surface area (Å²) in [6, 6.07) is 6.01. The monoisotopic (exact) mass is 335 g/mol. The molecule has 1 heterocycles. The highest BCUT2D eigenvalue weighted by Crippen LogP contribution is 2.36. The first kappa shape index (κ1) is 13.5. The van der Waals surface area contributed by atoms with Crippen LogP contribution >= 0.6 is 15.9 Å². The molecule has 1 saturated carbocycles. The molecule has 2 aromatic rings. The average molecular weight is 336 g/mol. The average Bonchev–Trinajstić information content (AvgIpc) is 2.70. The number of aromatic nitrogens is 2. The molecule has 3 rings (SSSR count). The van der Waals surface area contributed by atoms with E-state index < -0.39 is 0 Å². The summed E-state index contributed by atoms with van der Waals surface area (Å²) in [7, 11) is 1.84. The zero-order valence-electron chi connectivity index (χ0n) is 11.5. The Balaban J connectivity index is 1.91. The highest BCUT2D eigenvalue weighted by molar-refractivity contribution is 9.10. The third-order valence-corrected chi connectivity index (χ3v) is 4.41. The van der Waals surface area contributed by atoms with E-state index in [2.05, 4.69) is 21.0 Å². The molecular weight excluding hydrogens is 318 g/mol. The van der Waals surface area contributed by atoms with E-state index in [0.717, 1.165) is 28.0 Å². The van der Waals surface area contributed by atoms with Gasteiger partial charge in [-0.25, -0.2) is 0 Å². The summed E-state index contributed by atoms with van der Waals surface area (Å²) >= 11 is 3.51. The van der Waals surface area contributed by atoms with Crippen LogP contribution in [0.3, 0.4) is 0 Å². The number of nitrogens with zero attached hydrogens (tertiary/aromatic N) is 2. The maximum absolute atomic E-state index is 6.08. The van der Waals surface area contributed by atoms with Gasteiger partial charge in [0, 0.05) is 22.6 Å². The summed E-state index contributed by atoms with van der Waals surface area (Å²) in [6.45, 7) is 0.787. The molecule has 0 radical (unpaired) electrons. The zero-order chi connectivity index (χ0) is 14.1. The second-order valence-corrected chi connectivity index (χ2v) is 6.23. The van der Waals surface area contributed by atoms with Crippen molar-refractivity contribution in [3.8, 4) is 16.9 Å². The minimum atomic E-state index is 0.650. The van der Waals surface area contributed by atoms with Gasteiger partial charge in [-0.1, -0.05) is 22.4 Å². The predicted octanol–water partition coefficient (Wildman–Crippen LogP) is 3.61. The van der Waals surface area contributed by atoms with Gasteiger partial charge in [-0.05, 0) is 37.0 Å². The fourth-order valence-electron chi connectivity index (χ4n) is 2.36. The van der Waals surface area contributed by atoms with E-state index in [4.69, 9.17) is 10.5 Å². The van der Waals surface area contributed by atoms with Crippen LogP contribution < -0.4 is 10.5 Å². The molecule has 0 spiro atoms. The van der Waals surface area contributed by atoms with Gasteiger partial charge in [-0.3, -0.25) is 4.68 Å². The maximum Gasteiger partial charge on any atom is 0.129 e. The van der Waals surface area contributed by atoms with Crippen LogP contribution in [0.5, 0.6) is 5.75 Å². The van der Waals surface area contributed by atoms with Crippen LogP contribution in [0.2, 0.25) is 0 Å². The Morgan fingerprint density at radius 2 is 2.20 bits per heavy atom. The number of ether oxygens (including phenoxy) is 1. The number of hydrogen-bond donors (Lipinski definition) is 1. The second kappa shape index (κ2) is 5.48. The number of halogens is 1. The maximum atomic E-state index is 6.08. The lowest BCUT2D eigenvalue weighted by atomic mass is 9.86. The predicted molar refractivity (Wildman–Crippen MR) is 83.6 cm³/mol. The van der Waals surface area contributed by atoms with Crippen molar-refractivity contribution in [1.82, 2.24) is 9.78 Å². The number of aryl methyl sites for hydroxylation is 1. The topological polar surface area (TPSA) is 53.1 Å². The molecule has 2 N–H and O–H groups in total. The highest BCUT2D eigenvalue weighted by atomic mass is 79.9. The first-order chi connectivity index (χ1) is 9.65. The molecule has 20 heavy (non-hydrogen) atoms. The minimum Gasteiger partial charge on any atom is -0.493 e. The summed E-state index contributed by atoms with van der Waals surface area (Å²) in [5, 5.41) is 4.21. The van der Waals surface area contributed by atoms with Gasteiger partial charge in [-0.2, -0.15) is 5.10 Å². The Kier molecular flexibility index (Phi) is 3.70. The molecule has 0 aliphatic heterocycles. The van der Waals surface area contributed by atoms with Gasteiger partial charge in [-0.15, -0.1) is 0 Å². The standard InChI is InChI=1S/C15H18BrN3O/c1-19-15(17)13(8-18-19)12-7-11(16)5-6-14(12)20-9-10-3-2-4-10/h5-8,10H,2-4,9,17H2,1H3. The van der Waals surface area contributed by atoms with E-state index in [-0.39, 0.29) is 0 Å². The number of anilines is 1. The summed E-state index contributed by atoms with van der Waals surface area (Å²) in [5.41, 5.74) is 7.98. The molecule has 0 atom stereocenters. The van der Waals surface area contributed by atoms with E-state index in [1.165, 1.54) is 19.3 Å². The van der Waals surface area contributed by atoms with Gasteiger partial charge >= 0.3 is 0 Å². The van der Waals surface area contributed by atoms with Gasteiger partial charge in [0.25, 0.3) is 0 Å². The summed E-state index contributed by atoms with van der Waals surface area (Å²) in [6.07, 6.45) is 5.67. The van der Waals surface area contributed by atoms with Crippen molar-refractivity contribution in [2.75, 3.05) is 12.3 Å². The Morgan fingerprint density at radius 3 is 2.80 bits per heavy atom. The number of nitrogens with two attached hydrogens (primary N) is 1. The lowest BCUT2D eigenvalue weighted by Crippen LogP contribution is -2.19. The first-order valence-corrected chi connectivity index (χ1v) is 7.64. The first-order valence-electron chi connectivity index (χ1n) is 6.85. The van der Waals surface area contributed by atoms with Crippen LogP contribution in [0, 0.1) is 5.92 Å². The number of hydrogen-bond acceptors (Lipinski definition) is 3. The molecule has 1 aromatic carbocycles. The van der Waals surface area contributed by atoms with Crippen molar-refractivity contribution in [2.45, 2.75) is 19.3 Å². The van der Waals surface area contributed by atoms with Crippen LogP contribution in [-0.4, -0.2) is 16.4 Å². The van der Waals surface area contributed by atoms with Crippen molar-refractivity contribution in [3.05, 3.63) is 28.9 Å². The van der Waals surface area contributed by atoms with Crippen molar-refractivity contribution in [1.29, 1.82) is 0 Å². The van der Waals surface area contributed by atoms with E-state index in [1.54, 1.807) is 10.9 Å². The van der Waals surface area contributed by atoms with E-state index in [0.29, 0.717) is 11.7 Å². The Hall–Kier alpha value is -1.49. The summed E-state index contributed by atoms with van der Waals surface area (Å²) in [5.74, 6) is 2.23. The zero-order valence-corrected chi connectivity index (χ0v) is 13.1. The molecule has 1 aromatic heterocycles. The second-order valence-electron chi connectivity index (χ2n) is 5.32. The third kappa shape index (κ3) is 2.54. The van der Waals surface area contributed by atoms with Crippen molar-refractivity contribution in [2.24, 2.45) is 13.0 Å². The number of benzene rings is 1. The Bertz CT molecular complexity index is 620. The Labute approximate surface area is 127 Å². The fraction of sp³-hybridized carbons (Fsp3) is 0.400. The normalized spacial score (nSPS) is 15.1. The van der Waals surface area contributed by atoms with E-state index in [1.807, 2.05) is 25.2 Å². The molecule has 1 aliphatic carbocycles. The molecule has 0 unspecified atom stereocenters. The fourth-order valence-corrected chi connectivity index (χ4v) is 2.72. The van der Waals surface area contributed by atoms with E-state index in [9.17, 15) is 0 Å². The van der Waals surface area contributed by atoms with Gasteiger partial charge in [0.2, 0.25) is 0 Å². The van der Waals surface area contributed by atoms with Crippen LogP contribution in [-0.2, 0) is 7.05 Å². The van der Waals surface area contributed by atoms with Gasteiger partial charge in [0.05, 0.1) is 12.8 Å². The van der Waals surface area contributed by atoms with Gasteiger partial charge in [0.15, 0.2) is 0 Å². The van der Waals surface area contributed by atoms with Gasteiger partial charge in [0.1, 0.15) is 11.6 Å². The number of rotatable bonds is 4.